The highest BCUT2D eigenvalue weighted by molar-refractivity contribution is 4.91. The molecule has 3 heteroatoms. The predicted molar refractivity (Wildman–Crippen MR) is 76.6 cm³/mol. The fourth-order valence-electron chi connectivity index (χ4n) is 2.14. The first-order valence-electron chi connectivity index (χ1n) is 7.65. The molecule has 1 unspecified atom stereocenters. The fraction of sp³-hybridized carbons (Fsp3) is 0.867. The summed E-state index contributed by atoms with van der Waals surface area (Å²) in [5, 5.41) is 8.33. The average Bonchev–Trinajstić information content (AvgIpc) is 2.81. The van der Waals surface area contributed by atoms with Gasteiger partial charge in [-0.3, -0.25) is 4.68 Å². The van der Waals surface area contributed by atoms with Crippen molar-refractivity contribution in [2.45, 2.75) is 78.7 Å². The molecule has 1 aromatic heterocycles. The second-order valence-electron chi connectivity index (χ2n) is 5.44. The summed E-state index contributed by atoms with van der Waals surface area (Å²) in [6, 6.07) is 0. The maximum absolute atomic E-state index is 4.17. The van der Waals surface area contributed by atoms with Crippen LogP contribution in [0.25, 0.3) is 0 Å². The Hall–Kier alpha value is -0.860. The summed E-state index contributed by atoms with van der Waals surface area (Å²) in [5.41, 5.74) is 1.13. The van der Waals surface area contributed by atoms with Crippen LogP contribution in [0.2, 0.25) is 0 Å². The van der Waals surface area contributed by atoms with Crippen LogP contribution in [-0.4, -0.2) is 15.0 Å². The summed E-state index contributed by atoms with van der Waals surface area (Å²) in [5.74, 6) is 0.900. The molecule has 0 amide bonds. The average molecular weight is 251 g/mol. The largest absolute Gasteiger partial charge is 0.252 e. The zero-order valence-electron chi connectivity index (χ0n) is 12.4. The van der Waals surface area contributed by atoms with E-state index in [-0.39, 0.29) is 0 Å². The Morgan fingerprint density at radius 3 is 2.67 bits per heavy atom. The fourth-order valence-corrected chi connectivity index (χ4v) is 2.14. The second kappa shape index (κ2) is 9.12. The molecule has 18 heavy (non-hydrogen) atoms. The maximum atomic E-state index is 4.17. The highest BCUT2D eigenvalue weighted by Gasteiger charge is 2.00. The summed E-state index contributed by atoms with van der Waals surface area (Å²) in [4.78, 5) is 0. The van der Waals surface area contributed by atoms with Gasteiger partial charge in [-0.05, 0) is 18.8 Å². The van der Waals surface area contributed by atoms with E-state index in [2.05, 4.69) is 37.3 Å². The molecule has 1 atom stereocenters. The zero-order valence-corrected chi connectivity index (χ0v) is 12.4. The van der Waals surface area contributed by atoms with Crippen LogP contribution in [0.15, 0.2) is 6.20 Å². The smallest absolute Gasteiger partial charge is 0.0827 e. The molecule has 0 N–H and O–H groups in total. The molecular weight excluding hydrogens is 222 g/mol. The van der Waals surface area contributed by atoms with E-state index in [0.717, 1.165) is 31.0 Å². The van der Waals surface area contributed by atoms with Crippen LogP contribution in [0.1, 0.15) is 71.4 Å². The molecule has 0 saturated heterocycles. The van der Waals surface area contributed by atoms with Crippen LogP contribution < -0.4 is 0 Å². The van der Waals surface area contributed by atoms with Gasteiger partial charge < -0.3 is 0 Å². The Labute approximate surface area is 112 Å². The number of unbranched alkanes of at least 4 members (excludes halogenated alkanes) is 3. The van der Waals surface area contributed by atoms with E-state index in [1.54, 1.807) is 0 Å². The Morgan fingerprint density at radius 1 is 1.17 bits per heavy atom. The molecule has 3 nitrogen and oxygen atoms in total. The van der Waals surface area contributed by atoms with Crippen LogP contribution in [0.5, 0.6) is 0 Å². The predicted octanol–water partition coefficient (Wildman–Crippen LogP) is 4.23. The van der Waals surface area contributed by atoms with E-state index < -0.39 is 0 Å². The van der Waals surface area contributed by atoms with E-state index in [1.807, 2.05) is 4.68 Å². The minimum atomic E-state index is 0.900. The van der Waals surface area contributed by atoms with Crippen molar-refractivity contribution >= 4 is 0 Å². The number of rotatable bonds is 10. The SMILES string of the molecule is CCCc1cn(CCCCCCC(C)CC)nn1. The Bertz CT molecular complexity index is 306. The van der Waals surface area contributed by atoms with Gasteiger partial charge in [0.1, 0.15) is 0 Å². The third kappa shape index (κ3) is 6.18. The lowest BCUT2D eigenvalue weighted by Gasteiger charge is -2.07. The van der Waals surface area contributed by atoms with Gasteiger partial charge >= 0.3 is 0 Å². The molecule has 0 aliphatic heterocycles. The van der Waals surface area contributed by atoms with Crippen LogP contribution in [0.4, 0.5) is 0 Å². The first kappa shape index (κ1) is 15.2. The van der Waals surface area contributed by atoms with Crippen LogP contribution >= 0.6 is 0 Å². The van der Waals surface area contributed by atoms with Gasteiger partial charge in [0.25, 0.3) is 0 Å². The Balaban J connectivity index is 2.03. The molecular formula is C15H29N3. The van der Waals surface area contributed by atoms with Gasteiger partial charge in [-0.25, -0.2) is 0 Å². The lowest BCUT2D eigenvalue weighted by Crippen LogP contribution is -1.99. The van der Waals surface area contributed by atoms with Crippen molar-refractivity contribution in [2.24, 2.45) is 5.92 Å². The van der Waals surface area contributed by atoms with Crippen molar-refractivity contribution in [1.82, 2.24) is 15.0 Å². The third-order valence-electron chi connectivity index (χ3n) is 3.62. The van der Waals surface area contributed by atoms with Gasteiger partial charge in [0.15, 0.2) is 0 Å². The zero-order chi connectivity index (χ0) is 13.2. The summed E-state index contributed by atoms with van der Waals surface area (Å²) < 4.78 is 2.00. The summed E-state index contributed by atoms with van der Waals surface area (Å²) in [6.07, 6.45) is 12.3. The minimum Gasteiger partial charge on any atom is -0.252 e. The first-order chi connectivity index (χ1) is 8.76. The van der Waals surface area contributed by atoms with Gasteiger partial charge in [0.05, 0.1) is 5.69 Å². The highest BCUT2D eigenvalue weighted by Crippen LogP contribution is 2.13. The van der Waals surface area contributed by atoms with E-state index in [1.165, 1.54) is 38.5 Å². The van der Waals surface area contributed by atoms with E-state index in [0.29, 0.717) is 0 Å². The summed E-state index contributed by atoms with van der Waals surface area (Å²) in [6.45, 7) is 7.84. The monoisotopic (exact) mass is 251 g/mol. The van der Waals surface area contributed by atoms with Gasteiger partial charge in [-0.1, -0.05) is 64.5 Å². The van der Waals surface area contributed by atoms with E-state index in [9.17, 15) is 0 Å². The topological polar surface area (TPSA) is 30.7 Å². The Morgan fingerprint density at radius 2 is 1.94 bits per heavy atom. The van der Waals surface area contributed by atoms with Crippen molar-refractivity contribution in [3.63, 3.8) is 0 Å². The lowest BCUT2D eigenvalue weighted by molar-refractivity contribution is 0.461. The molecule has 0 saturated carbocycles. The number of aromatic nitrogens is 3. The van der Waals surface area contributed by atoms with Crippen LogP contribution in [0, 0.1) is 5.92 Å². The van der Waals surface area contributed by atoms with Gasteiger partial charge in [-0.15, -0.1) is 5.10 Å². The van der Waals surface area contributed by atoms with Gasteiger partial charge in [0, 0.05) is 12.7 Å². The molecule has 0 aromatic carbocycles. The molecule has 1 heterocycles. The van der Waals surface area contributed by atoms with Crippen LogP contribution in [0.3, 0.4) is 0 Å². The second-order valence-corrected chi connectivity index (χ2v) is 5.44. The molecule has 0 radical (unpaired) electrons. The third-order valence-corrected chi connectivity index (χ3v) is 3.62. The van der Waals surface area contributed by atoms with Gasteiger partial charge in [-0.2, -0.15) is 0 Å². The molecule has 0 aliphatic carbocycles. The number of aryl methyl sites for hydroxylation is 2. The number of hydrogen-bond acceptors (Lipinski definition) is 2. The van der Waals surface area contributed by atoms with Crippen molar-refractivity contribution in [1.29, 1.82) is 0 Å². The number of nitrogens with zero attached hydrogens (tertiary/aromatic N) is 3. The van der Waals surface area contributed by atoms with E-state index >= 15 is 0 Å². The standard InChI is InChI=1S/C15H29N3/c1-4-10-15-13-18(17-16-15)12-9-7-6-8-11-14(3)5-2/h13-14H,4-12H2,1-3H3. The molecule has 0 aliphatic rings. The van der Waals surface area contributed by atoms with E-state index in [4.69, 9.17) is 0 Å². The van der Waals surface area contributed by atoms with Crippen LogP contribution in [-0.2, 0) is 13.0 Å². The number of hydrogen-bond donors (Lipinski definition) is 0. The summed E-state index contributed by atoms with van der Waals surface area (Å²) >= 11 is 0. The molecule has 0 fully saturated rings. The minimum absolute atomic E-state index is 0.900. The summed E-state index contributed by atoms with van der Waals surface area (Å²) in [7, 11) is 0. The lowest BCUT2D eigenvalue weighted by atomic mass is 10.0. The van der Waals surface area contributed by atoms with Crippen molar-refractivity contribution in [2.75, 3.05) is 0 Å². The first-order valence-corrected chi connectivity index (χ1v) is 7.65. The van der Waals surface area contributed by atoms with Crippen molar-refractivity contribution < 1.29 is 0 Å². The molecule has 1 aromatic rings. The Kier molecular flexibility index (Phi) is 7.70. The molecule has 1 rings (SSSR count). The highest BCUT2D eigenvalue weighted by atomic mass is 15.4. The van der Waals surface area contributed by atoms with Crippen molar-refractivity contribution in [3.05, 3.63) is 11.9 Å². The maximum Gasteiger partial charge on any atom is 0.0827 e. The molecule has 104 valence electrons. The molecule has 0 bridgehead atoms. The molecule has 0 spiro atoms. The normalized spacial score (nSPS) is 12.8. The quantitative estimate of drug-likeness (QED) is 0.583. The van der Waals surface area contributed by atoms with Gasteiger partial charge in [0.2, 0.25) is 0 Å². The van der Waals surface area contributed by atoms with Crippen molar-refractivity contribution in [3.8, 4) is 0 Å².